The van der Waals surface area contributed by atoms with Crippen molar-refractivity contribution in [2.45, 2.75) is 25.5 Å². The molecule has 0 aromatic rings. The van der Waals surface area contributed by atoms with Crippen LogP contribution in [0.4, 0.5) is 0 Å². The van der Waals surface area contributed by atoms with Crippen LogP contribution in [0.5, 0.6) is 0 Å². The molecule has 0 aliphatic rings. The van der Waals surface area contributed by atoms with Gasteiger partial charge in [-0.05, 0) is 19.3 Å². The molecule has 0 fully saturated rings. The Hall–Kier alpha value is -0.660. The van der Waals surface area contributed by atoms with E-state index >= 15 is 0 Å². The molecule has 6 nitrogen and oxygen atoms in total. The number of hydrogen-bond donors (Lipinski definition) is 3. The highest BCUT2D eigenvalue weighted by Gasteiger charge is 2.27. The lowest BCUT2D eigenvalue weighted by molar-refractivity contribution is -0.136. The van der Waals surface area contributed by atoms with E-state index in [0.717, 1.165) is 6.92 Å². The highest BCUT2D eigenvalue weighted by Crippen LogP contribution is 2.02. The smallest absolute Gasteiger partial charge is 0.323 e. The molecule has 0 aromatic carbocycles. The Morgan fingerprint density at radius 3 is 2.33 bits per heavy atom. The highest BCUT2D eigenvalue weighted by atomic mass is 32.2. The SMILES string of the molecule is CC(CCO)CNS(=O)(=O)C(C)C(=O)O. The summed E-state index contributed by atoms with van der Waals surface area (Å²) in [6.07, 6.45) is 0.476. The van der Waals surface area contributed by atoms with Crippen molar-refractivity contribution in [3.05, 3.63) is 0 Å². The largest absolute Gasteiger partial charge is 0.480 e. The van der Waals surface area contributed by atoms with Gasteiger partial charge in [0, 0.05) is 13.2 Å². The summed E-state index contributed by atoms with van der Waals surface area (Å²) < 4.78 is 24.9. The number of sulfonamides is 1. The summed E-state index contributed by atoms with van der Waals surface area (Å²) in [6.45, 7) is 3.00. The normalized spacial score (nSPS) is 15.9. The summed E-state index contributed by atoms with van der Waals surface area (Å²) in [5.41, 5.74) is 0. The first-order chi connectivity index (χ1) is 6.81. The van der Waals surface area contributed by atoms with Crippen molar-refractivity contribution in [1.82, 2.24) is 4.72 Å². The molecule has 0 heterocycles. The summed E-state index contributed by atoms with van der Waals surface area (Å²) in [7, 11) is -3.80. The van der Waals surface area contributed by atoms with Crippen molar-refractivity contribution < 1.29 is 23.4 Å². The van der Waals surface area contributed by atoms with Gasteiger partial charge in [0.05, 0.1) is 0 Å². The molecule has 2 atom stereocenters. The lowest BCUT2D eigenvalue weighted by Gasteiger charge is -2.13. The Morgan fingerprint density at radius 2 is 1.93 bits per heavy atom. The summed E-state index contributed by atoms with van der Waals surface area (Å²) in [4.78, 5) is 10.5. The zero-order chi connectivity index (χ0) is 12.1. The molecule has 0 aromatic heterocycles. The molecule has 7 heteroatoms. The summed E-state index contributed by atoms with van der Waals surface area (Å²) in [5.74, 6) is -1.40. The Balaban J connectivity index is 4.22. The van der Waals surface area contributed by atoms with Gasteiger partial charge < -0.3 is 10.2 Å². The lowest BCUT2D eigenvalue weighted by Crippen LogP contribution is -2.39. The maximum Gasteiger partial charge on any atom is 0.323 e. The van der Waals surface area contributed by atoms with Gasteiger partial charge in [-0.2, -0.15) is 0 Å². The Morgan fingerprint density at radius 1 is 1.40 bits per heavy atom. The van der Waals surface area contributed by atoms with Crippen LogP contribution in [0.1, 0.15) is 20.3 Å². The third-order valence-electron chi connectivity index (χ3n) is 2.07. The third kappa shape index (κ3) is 5.10. The molecular weight excluding hydrogens is 222 g/mol. The standard InChI is InChI=1S/C8H17NO5S/c1-6(3-4-10)5-9-15(13,14)7(2)8(11)12/h6-7,9-10H,3-5H2,1-2H3,(H,11,12). The fraction of sp³-hybridized carbons (Fsp3) is 0.875. The minimum absolute atomic E-state index is 0.0165. The number of nitrogens with one attached hydrogen (secondary N) is 1. The quantitative estimate of drug-likeness (QED) is 0.550. The number of aliphatic carboxylic acids is 1. The maximum absolute atomic E-state index is 11.3. The fourth-order valence-electron chi connectivity index (χ4n) is 0.839. The van der Waals surface area contributed by atoms with Gasteiger partial charge in [0.2, 0.25) is 10.0 Å². The molecule has 2 unspecified atom stereocenters. The van der Waals surface area contributed by atoms with E-state index in [4.69, 9.17) is 10.2 Å². The minimum atomic E-state index is -3.80. The molecule has 90 valence electrons. The molecule has 0 saturated heterocycles. The van der Waals surface area contributed by atoms with Crippen molar-refractivity contribution in [2.24, 2.45) is 5.92 Å². The summed E-state index contributed by atoms with van der Waals surface area (Å²) in [6, 6.07) is 0. The van der Waals surface area contributed by atoms with E-state index in [0.29, 0.717) is 6.42 Å². The van der Waals surface area contributed by atoms with Crippen LogP contribution in [0.25, 0.3) is 0 Å². The van der Waals surface area contributed by atoms with E-state index in [-0.39, 0.29) is 19.1 Å². The second-order valence-electron chi connectivity index (χ2n) is 3.49. The average Bonchev–Trinajstić information content (AvgIpc) is 2.14. The highest BCUT2D eigenvalue weighted by molar-refractivity contribution is 7.90. The zero-order valence-electron chi connectivity index (χ0n) is 8.80. The van der Waals surface area contributed by atoms with Crippen molar-refractivity contribution in [2.75, 3.05) is 13.2 Å². The van der Waals surface area contributed by atoms with E-state index in [1.165, 1.54) is 0 Å². The fourth-order valence-corrected chi connectivity index (χ4v) is 1.87. The second kappa shape index (κ2) is 6.04. The predicted octanol–water partition coefficient (Wildman–Crippen LogP) is -0.603. The Kier molecular flexibility index (Phi) is 5.77. The van der Waals surface area contributed by atoms with Gasteiger partial charge in [-0.1, -0.05) is 6.92 Å². The second-order valence-corrected chi connectivity index (χ2v) is 5.58. The van der Waals surface area contributed by atoms with Gasteiger partial charge in [-0.3, -0.25) is 4.79 Å². The first-order valence-electron chi connectivity index (χ1n) is 4.63. The van der Waals surface area contributed by atoms with E-state index in [1.807, 2.05) is 0 Å². The molecule has 0 rings (SSSR count). The average molecular weight is 239 g/mol. The van der Waals surface area contributed by atoms with Crippen molar-refractivity contribution in [3.8, 4) is 0 Å². The van der Waals surface area contributed by atoms with Crippen LogP contribution in [0.3, 0.4) is 0 Å². The number of hydrogen-bond acceptors (Lipinski definition) is 4. The molecule has 3 N–H and O–H groups in total. The van der Waals surface area contributed by atoms with Gasteiger partial charge in [0.1, 0.15) is 0 Å². The van der Waals surface area contributed by atoms with Crippen LogP contribution < -0.4 is 4.72 Å². The monoisotopic (exact) mass is 239 g/mol. The van der Waals surface area contributed by atoms with Crippen LogP contribution in [0.2, 0.25) is 0 Å². The lowest BCUT2D eigenvalue weighted by atomic mass is 10.1. The van der Waals surface area contributed by atoms with Crippen LogP contribution in [0.15, 0.2) is 0 Å². The predicted molar refractivity (Wildman–Crippen MR) is 54.9 cm³/mol. The molecule has 0 saturated carbocycles. The third-order valence-corrected chi connectivity index (χ3v) is 3.77. The van der Waals surface area contributed by atoms with Crippen molar-refractivity contribution >= 4 is 16.0 Å². The van der Waals surface area contributed by atoms with Crippen LogP contribution in [-0.2, 0) is 14.8 Å². The molecule has 0 radical (unpaired) electrons. The molecule has 0 aliphatic carbocycles. The first-order valence-corrected chi connectivity index (χ1v) is 6.18. The van der Waals surface area contributed by atoms with Crippen LogP contribution >= 0.6 is 0 Å². The van der Waals surface area contributed by atoms with E-state index in [9.17, 15) is 13.2 Å². The number of aliphatic hydroxyl groups is 1. The van der Waals surface area contributed by atoms with E-state index in [2.05, 4.69) is 4.72 Å². The van der Waals surface area contributed by atoms with Gasteiger partial charge in [0.25, 0.3) is 0 Å². The summed E-state index contributed by atoms with van der Waals surface area (Å²) >= 11 is 0. The molecule has 0 bridgehead atoms. The topological polar surface area (TPSA) is 104 Å². The molecule has 0 aliphatic heterocycles. The Labute approximate surface area is 89.4 Å². The van der Waals surface area contributed by atoms with E-state index in [1.54, 1.807) is 6.92 Å². The maximum atomic E-state index is 11.3. The van der Waals surface area contributed by atoms with Gasteiger partial charge in [0.15, 0.2) is 5.25 Å². The number of carbonyl (C=O) groups is 1. The molecule has 0 amide bonds. The number of carboxylic acids is 1. The first kappa shape index (κ1) is 14.3. The number of carboxylic acid groups (broad SMARTS) is 1. The van der Waals surface area contributed by atoms with Crippen LogP contribution in [-0.4, -0.2) is 43.0 Å². The van der Waals surface area contributed by atoms with Crippen molar-refractivity contribution in [1.29, 1.82) is 0 Å². The van der Waals surface area contributed by atoms with Gasteiger partial charge >= 0.3 is 5.97 Å². The summed E-state index contributed by atoms with van der Waals surface area (Å²) in [5, 5.41) is 15.7. The Bertz CT molecular complexity index is 300. The van der Waals surface area contributed by atoms with Crippen molar-refractivity contribution in [3.63, 3.8) is 0 Å². The zero-order valence-corrected chi connectivity index (χ0v) is 9.62. The van der Waals surface area contributed by atoms with Gasteiger partial charge in [-0.25, -0.2) is 13.1 Å². The molecule has 15 heavy (non-hydrogen) atoms. The molecular formula is C8H17NO5S. The number of rotatable bonds is 7. The molecule has 0 spiro atoms. The van der Waals surface area contributed by atoms with Crippen LogP contribution in [0, 0.1) is 5.92 Å². The van der Waals surface area contributed by atoms with E-state index < -0.39 is 21.2 Å². The van der Waals surface area contributed by atoms with Gasteiger partial charge in [-0.15, -0.1) is 0 Å². The minimum Gasteiger partial charge on any atom is -0.480 e. The number of aliphatic hydroxyl groups excluding tert-OH is 1.